The molecule has 40 valence electrons. The molecule has 0 spiro atoms. The third-order valence-electron chi connectivity index (χ3n) is 0.390. The molecule has 0 saturated heterocycles. The monoisotopic (exact) mass is 115 g/mol. The zero-order valence-corrected chi connectivity index (χ0v) is 3.51. The molecule has 0 aromatic carbocycles. The van der Waals surface area contributed by atoms with Gasteiger partial charge in [0.05, 0.1) is 0 Å². The molecule has 4 heteroatoms. The van der Waals surface area contributed by atoms with Crippen LogP contribution in [-0.4, -0.2) is 40.2 Å². The van der Waals surface area contributed by atoms with Gasteiger partial charge in [0, 0.05) is 0 Å². The van der Waals surface area contributed by atoms with E-state index in [4.69, 9.17) is 10.8 Å². The molecule has 3 nitrogen and oxygen atoms in total. The number of carboxylic acid groups (broad SMARTS) is 1. The van der Waals surface area contributed by atoms with Crippen LogP contribution in [0.4, 0.5) is 0 Å². The van der Waals surface area contributed by atoms with E-state index in [0.717, 1.165) is 0 Å². The number of rotatable bonds is 1. The fourth-order valence-electron chi connectivity index (χ4n) is 0. The summed E-state index contributed by atoms with van der Waals surface area (Å²) in [5.74, 6) is -0.963. The molecule has 7 heavy (non-hydrogen) atoms. The van der Waals surface area contributed by atoms with E-state index < -0.39 is 12.0 Å². The van der Waals surface area contributed by atoms with E-state index in [9.17, 15) is 4.79 Å². The van der Waals surface area contributed by atoms with E-state index in [1.54, 1.807) is 0 Å². The van der Waals surface area contributed by atoms with Crippen LogP contribution >= 0.6 is 0 Å². The predicted molar refractivity (Wildman–Crippen MR) is 29.8 cm³/mol. The number of nitrogens with two attached hydrogens (primary N) is 1. The van der Waals surface area contributed by atoms with Crippen molar-refractivity contribution in [1.82, 2.24) is 0 Å². The second-order valence-corrected chi connectivity index (χ2v) is 1.13. The highest BCUT2D eigenvalue weighted by atomic mass is 24.3. The van der Waals surface area contributed by atoms with Gasteiger partial charge >= 0.3 is 29.0 Å². The van der Waals surface area contributed by atoms with Crippen LogP contribution in [-0.2, 0) is 4.79 Å². The normalized spacial score (nSPS) is 11.7. The molecule has 0 aliphatic rings. The quantitative estimate of drug-likeness (QED) is 0.409. The van der Waals surface area contributed by atoms with Crippen molar-refractivity contribution >= 4 is 29.0 Å². The van der Waals surface area contributed by atoms with Gasteiger partial charge < -0.3 is 10.8 Å². The topological polar surface area (TPSA) is 63.3 Å². The molecule has 0 rings (SSSR count). The lowest BCUT2D eigenvalue weighted by Gasteiger charge is -1.90. The smallest absolute Gasteiger partial charge is 0.320 e. The van der Waals surface area contributed by atoms with E-state index in [1.165, 1.54) is 6.92 Å². The van der Waals surface area contributed by atoms with Crippen molar-refractivity contribution in [1.29, 1.82) is 0 Å². The van der Waals surface area contributed by atoms with Gasteiger partial charge in [0.25, 0.3) is 0 Å². The summed E-state index contributed by atoms with van der Waals surface area (Å²) in [6.07, 6.45) is 0. The largest absolute Gasteiger partial charge is 0.480 e. The summed E-state index contributed by atoms with van der Waals surface area (Å²) in [7, 11) is 0. The van der Waals surface area contributed by atoms with Crippen LogP contribution in [0.2, 0.25) is 0 Å². The molecular weight excluding hydrogens is 106 g/mol. The van der Waals surface area contributed by atoms with Crippen molar-refractivity contribution in [2.75, 3.05) is 0 Å². The third kappa shape index (κ3) is 6.20. The Morgan fingerprint density at radius 1 is 1.86 bits per heavy atom. The number of carbonyl (C=O) groups is 1. The van der Waals surface area contributed by atoms with Gasteiger partial charge in [-0.1, -0.05) is 0 Å². The Balaban J connectivity index is 0. The van der Waals surface area contributed by atoms with Crippen LogP contribution in [0, 0.1) is 0 Å². The fraction of sp³-hybridized carbons (Fsp3) is 0.667. The third-order valence-corrected chi connectivity index (χ3v) is 0.390. The SMILES string of the molecule is C[C@H](N)C(=O)O.[MgH2]. The molecule has 0 aromatic rings. The first kappa shape index (κ1) is 10.2. The lowest BCUT2D eigenvalue weighted by atomic mass is 10.4. The molecule has 1 atom stereocenters. The van der Waals surface area contributed by atoms with Gasteiger partial charge in [-0.05, 0) is 6.92 Å². The standard InChI is InChI=1S/C3H7NO2.Mg.2H/c1-2(4)3(5)6;;;/h2H,4H2,1H3,(H,5,6);;;/t2-;;;/m0.../s1. The Bertz CT molecular complexity index is 64.0. The van der Waals surface area contributed by atoms with Gasteiger partial charge in [-0.15, -0.1) is 0 Å². The lowest BCUT2D eigenvalue weighted by molar-refractivity contribution is -0.138. The van der Waals surface area contributed by atoms with E-state index >= 15 is 0 Å². The van der Waals surface area contributed by atoms with E-state index in [2.05, 4.69) is 0 Å². The lowest BCUT2D eigenvalue weighted by Crippen LogP contribution is -2.25. The van der Waals surface area contributed by atoms with Crippen molar-refractivity contribution in [3.05, 3.63) is 0 Å². The highest BCUT2D eigenvalue weighted by molar-refractivity contribution is 5.75. The van der Waals surface area contributed by atoms with Gasteiger partial charge in [-0.25, -0.2) is 0 Å². The van der Waals surface area contributed by atoms with Gasteiger partial charge in [-0.3, -0.25) is 4.79 Å². The summed E-state index contributed by atoms with van der Waals surface area (Å²) in [4.78, 5) is 9.57. The first-order valence-corrected chi connectivity index (χ1v) is 1.63. The summed E-state index contributed by atoms with van der Waals surface area (Å²) >= 11 is 0. The maximum Gasteiger partial charge on any atom is 0.320 e. The highest BCUT2D eigenvalue weighted by Gasteiger charge is 1.99. The van der Waals surface area contributed by atoms with Gasteiger partial charge in [0.1, 0.15) is 6.04 Å². The number of carboxylic acids is 1. The highest BCUT2D eigenvalue weighted by Crippen LogP contribution is 1.68. The predicted octanol–water partition coefficient (Wildman–Crippen LogP) is -1.50. The molecular formula is C3H9MgNO2. The minimum atomic E-state index is -0.963. The first-order valence-electron chi connectivity index (χ1n) is 1.63. The first-order chi connectivity index (χ1) is 2.64. The molecule has 0 aliphatic heterocycles. The van der Waals surface area contributed by atoms with Crippen LogP contribution in [0.15, 0.2) is 0 Å². The van der Waals surface area contributed by atoms with Crippen molar-refractivity contribution in [3.8, 4) is 0 Å². The van der Waals surface area contributed by atoms with Crippen LogP contribution in [0.25, 0.3) is 0 Å². The van der Waals surface area contributed by atoms with Crippen molar-refractivity contribution in [2.24, 2.45) is 5.73 Å². The zero-order chi connectivity index (χ0) is 5.15. The Labute approximate surface area is 58.0 Å². The van der Waals surface area contributed by atoms with Crippen LogP contribution < -0.4 is 5.73 Å². The van der Waals surface area contributed by atoms with Crippen LogP contribution in [0.3, 0.4) is 0 Å². The maximum atomic E-state index is 9.57. The molecule has 0 unspecified atom stereocenters. The summed E-state index contributed by atoms with van der Waals surface area (Å²) in [6, 6.07) is -0.731. The molecule has 0 fully saturated rings. The second-order valence-electron chi connectivity index (χ2n) is 1.13. The Morgan fingerprint density at radius 2 is 2.00 bits per heavy atom. The number of hydrogen-bond acceptors (Lipinski definition) is 2. The summed E-state index contributed by atoms with van der Waals surface area (Å²) in [5.41, 5.74) is 4.84. The van der Waals surface area contributed by atoms with Gasteiger partial charge in [-0.2, -0.15) is 0 Å². The van der Waals surface area contributed by atoms with Gasteiger partial charge in [0.2, 0.25) is 0 Å². The molecule has 0 bridgehead atoms. The van der Waals surface area contributed by atoms with Crippen molar-refractivity contribution in [2.45, 2.75) is 13.0 Å². The Kier molecular flexibility index (Phi) is 6.37. The molecule has 3 N–H and O–H groups in total. The van der Waals surface area contributed by atoms with Crippen LogP contribution in [0.1, 0.15) is 6.92 Å². The van der Waals surface area contributed by atoms with Gasteiger partial charge in [0.15, 0.2) is 0 Å². The Morgan fingerprint density at radius 3 is 2.00 bits per heavy atom. The molecule has 0 heterocycles. The maximum absolute atomic E-state index is 9.57. The Hall–Kier alpha value is 0.196. The van der Waals surface area contributed by atoms with E-state index in [1.807, 2.05) is 0 Å². The van der Waals surface area contributed by atoms with Crippen molar-refractivity contribution in [3.63, 3.8) is 0 Å². The molecule has 0 radical (unpaired) electrons. The van der Waals surface area contributed by atoms with Crippen molar-refractivity contribution < 1.29 is 9.90 Å². The molecule has 0 amide bonds. The van der Waals surface area contributed by atoms with E-state index in [-0.39, 0.29) is 23.1 Å². The minimum Gasteiger partial charge on any atom is -0.480 e. The number of hydrogen-bond donors (Lipinski definition) is 2. The van der Waals surface area contributed by atoms with Crippen LogP contribution in [0.5, 0.6) is 0 Å². The minimum absolute atomic E-state index is 0. The van der Waals surface area contributed by atoms with E-state index in [0.29, 0.717) is 0 Å². The number of aliphatic carboxylic acids is 1. The average molecular weight is 115 g/mol. The molecule has 0 aliphatic carbocycles. The molecule has 0 saturated carbocycles. The fourth-order valence-corrected chi connectivity index (χ4v) is 0. The summed E-state index contributed by atoms with van der Waals surface area (Å²) in [5, 5.41) is 7.87. The molecule has 0 aromatic heterocycles. The second kappa shape index (κ2) is 4.36. The average Bonchev–Trinajstić information content (AvgIpc) is 1.36. The summed E-state index contributed by atoms with van der Waals surface area (Å²) in [6.45, 7) is 1.42. The zero-order valence-electron chi connectivity index (χ0n) is 3.51. The summed E-state index contributed by atoms with van der Waals surface area (Å²) < 4.78 is 0.